The van der Waals surface area contributed by atoms with E-state index in [9.17, 15) is 9.59 Å². The highest BCUT2D eigenvalue weighted by Crippen LogP contribution is 2.13. The summed E-state index contributed by atoms with van der Waals surface area (Å²) in [4.78, 5) is 34.4. The Kier molecular flexibility index (Phi) is 4.07. The van der Waals surface area contributed by atoms with Crippen molar-refractivity contribution >= 4 is 11.0 Å². The van der Waals surface area contributed by atoms with E-state index in [4.69, 9.17) is 5.26 Å². The molecule has 0 saturated heterocycles. The molecule has 0 amide bonds. The van der Waals surface area contributed by atoms with E-state index in [-0.39, 0.29) is 12.2 Å². The fourth-order valence-electron chi connectivity index (χ4n) is 2.95. The van der Waals surface area contributed by atoms with E-state index in [1.165, 1.54) is 10.8 Å². The lowest BCUT2D eigenvalue weighted by Crippen LogP contribution is -2.40. The van der Waals surface area contributed by atoms with Gasteiger partial charge in [0.15, 0.2) is 5.65 Å². The summed E-state index contributed by atoms with van der Waals surface area (Å²) < 4.78 is 2.51. The molecule has 0 saturated carbocycles. The molecule has 0 aliphatic rings. The fraction of sp³-hybridized carbons (Fsp3) is 0.0500. The van der Waals surface area contributed by atoms with Crippen molar-refractivity contribution in [2.75, 3.05) is 0 Å². The lowest BCUT2D eigenvalue weighted by molar-refractivity contribution is 0.681. The van der Waals surface area contributed by atoms with Crippen molar-refractivity contribution in [3.8, 4) is 11.8 Å². The molecular weight excluding hydrogens is 342 g/mol. The van der Waals surface area contributed by atoms with E-state index in [0.29, 0.717) is 16.6 Å². The maximum atomic E-state index is 13.2. The zero-order chi connectivity index (χ0) is 18.8. The molecule has 3 heterocycles. The molecule has 130 valence electrons. The van der Waals surface area contributed by atoms with Crippen LogP contribution in [-0.2, 0) is 6.54 Å². The minimum absolute atomic E-state index is 0.0915. The summed E-state index contributed by atoms with van der Waals surface area (Å²) in [5.41, 5.74) is 0.934. The van der Waals surface area contributed by atoms with Gasteiger partial charge in [0.05, 0.1) is 29.3 Å². The number of hydrogen-bond acceptors (Lipinski definition) is 5. The number of aromatic nitrogens is 4. The maximum absolute atomic E-state index is 13.2. The van der Waals surface area contributed by atoms with Crippen molar-refractivity contribution in [2.24, 2.45) is 0 Å². The van der Waals surface area contributed by atoms with Crippen LogP contribution >= 0.6 is 0 Å². The summed E-state index contributed by atoms with van der Waals surface area (Å²) in [5.74, 6) is 0. The van der Waals surface area contributed by atoms with Gasteiger partial charge >= 0.3 is 5.69 Å². The van der Waals surface area contributed by atoms with Gasteiger partial charge in [-0.25, -0.2) is 14.3 Å². The number of rotatable bonds is 3. The third-order valence-corrected chi connectivity index (χ3v) is 4.19. The number of nitriles is 1. The van der Waals surface area contributed by atoms with E-state index in [0.717, 1.165) is 10.1 Å². The van der Waals surface area contributed by atoms with Crippen molar-refractivity contribution in [1.29, 1.82) is 5.26 Å². The van der Waals surface area contributed by atoms with Gasteiger partial charge in [0, 0.05) is 18.6 Å². The topological polar surface area (TPSA) is 93.6 Å². The molecule has 0 aliphatic carbocycles. The molecule has 3 aromatic heterocycles. The molecule has 0 aliphatic heterocycles. The first-order valence-electron chi connectivity index (χ1n) is 8.19. The van der Waals surface area contributed by atoms with Crippen LogP contribution in [0.4, 0.5) is 0 Å². The average Bonchev–Trinajstić information content (AvgIpc) is 2.72. The number of hydrogen-bond donors (Lipinski definition) is 0. The van der Waals surface area contributed by atoms with Crippen molar-refractivity contribution < 1.29 is 0 Å². The normalized spacial score (nSPS) is 10.6. The Morgan fingerprint density at radius 1 is 1.04 bits per heavy atom. The molecule has 7 heteroatoms. The molecule has 1 aromatic carbocycles. The number of benzene rings is 1. The second-order valence-electron chi connectivity index (χ2n) is 5.91. The molecule has 0 atom stereocenters. The molecule has 27 heavy (non-hydrogen) atoms. The third kappa shape index (κ3) is 2.89. The number of pyridine rings is 2. The summed E-state index contributed by atoms with van der Waals surface area (Å²) >= 11 is 0. The standard InChI is InChI=1S/C20H13N5O2/c21-11-14-4-1-6-16(10-14)25-18-17(7-3-9-23-18)19(26)24(20(25)27)13-15-5-2-8-22-12-15/h1-10,12H,13H2. The summed E-state index contributed by atoms with van der Waals surface area (Å²) in [6, 6.07) is 15.5. The molecule has 0 spiro atoms. The van der Waals surface area contributed by atoms with E-state index >= 15 is 0 Å². The SMILES string of the molecule is N#Cc1cccc(-n2c(=O)n(Cc3cccnc3)c(=O)c3cccnc32)c1. The van der Waals surface area contributed by atoms with Crippen LogP contribution < -0.4 is 11.2 Å². The van der Waals surface area contributed by atoms with E-state index in [1.807, 2.05) is 0 Å². The summed E-state index contributed by atoms with van der Waals surface area (Å²) in [6.45, 7) is 0.0915. The van der Waals surface area contributed by atoms with Crippen LogP contribution in [0.3, 0.4) is 0 Å². The molecule has 0 N–H and O–H groups in total. The van der Waals surface area contributed by atoms with Crippen LogP contribution in [0.1, 0.15) is 11.1 Å². The molecule has 4 rings (SSSR count). The Bertz CT molecular complexity index is 1300. The van der Waals surface area contributed by atoms with Crippen LogP contribution in [-0.4, -0.2) is 19.1 Å². The smallest absolute Gasteiger partial charge is 0.268 e. The first kappa shape index (κ1) is 16.4. The molecule has 0 fully saturated rings. The highest BCUT2D eigenvalue weighted by atomic mass is 16.2. The van der Waals surface area contributed by atoms with E-state index in [1.54, 1.807) is 60.9 Å². The van der Waals surface area contributed by atoms with Crippen LogP contribution in [0.15, 0.2) is 76.7 Å². The second-order valence-corrected chi connectivity index (χ2v) is 5.91. The first-order valence-corrected chi connectivity index (χ1v) is 8.19. The van der Waals surface area contributed by atoms with E-state index < -0.39 is 11.2 Å². The predicted octanol–water partition coefficient (Wildman–Crippen LogP) is 1.86. The van der Waals surface area contributed by atoms with Gasteiger partial charge < -0.3 is 0 Å². The first-order chi connectivity index (χ1) is 13.2. The van der Waals surface area contributed by atoms with Gasteiger partial charge in [0.1, 0.15) is 0 Å². The Hall–Kier alpha value is -4.05. The Labute approximate surface area is 153 Å². The molecule has 0 unspecified atom stereocenters. The third-order valence-electron chi connectivity index (χ3n) is 4.19. The van der Waals surface area contributed by atoms with Crippen LogP contribution in [0.25, 0.3) is 16.7 Å². The summed E-state index contributed by atoms with van der Waals surface area (Å²) in [7, 11) is 0. The van der Waals surface area contributed by atoms with Gasteiger partial charge in [0.25, 0.3) is 5.56 Å². The quantitative estimate of drug-likeness (QED) is 0.559. The Balaban J connectivity index is 2.05. The molecule has 7 nitrogen and oxygen atoms in total. The monoisotopic (exact) mass is 355 g/mol. The second kappa shape index (κ2) is 6.69. The summed E-state index contributed by atoms with van der Waals surface area (Å²) in [5, 5.41) is 9.49. The van der Waals surface area contributed by atoms with Gasteiger partial charge in [-0.05, 0) is 42.0 Å². The molecule has 0 radical (unpaired) electrons. The van der Waals surface area contributed by atoms with Crippen LogP contribution in [0.2, 0.25) is 0 Å². The number of nitrogens with zero attached hydrogens (tertiary/aromatic N) is 5. The Morgan fingerprint density at radius 2 is 1.89 bits per heavy atom. The van der Waals surface area contributed by atoms with Gasteiger partial charge in [-0.3, -0.25) is 14.3 Å². The Morgan fingerprint density at radius 3 is 2.67 bits per heavy atom. The van der Waals surface area contributed by atoms with Crippen LogP contribution in [0, 0.1) is 11.3 Å². The zero-order valence-corrected chi connectivity index (χ0v) is 14.1. The lowest BCUT2D eigenvalue weighted by Gasteiger charge is -2.13. The van der Waals surface area contributed by atoms with Crippen molar-refractivity contribution in [3.63, 3.8) is 0 Å². The highest BCUT2D eigenvalue weighted by molar-refractivity contribution is 5.75. The van der Waals surface area contributed by atoms with Gasteiger partial charge in [-0.15, -0.1) is 0 Å². The molecular formula is C20H13N5O2. The minimum atomic E-state index is -0.523. The predicted molar refractivity (Wildman–Crippen MR) is 99.7 cm³/mol. The summed E-state index contributed by atoms with van der Waals surface area (Å²) in [6.07, 6.45) is 4.76. The largest absolute Gasteiger partial charge is 0.337 e. The van der Waals surface area contributed by atoms with Gasteiger partial charge in [-0.1, -0.05) is 12.1 Å². The fourth-order valence-corrected chi connectivity index (χ4v) is 2.95. The lowest BCUT2D eigenvalue weighted by atomic mass is 10.2. The van der Waals surface area contributed by atoms with Crippen molar-refractivity contribution in [2.45, 2.75) is 6.54 Å². The molecule has 0 bridgehead atoms. The molecule has 4 aromatic rings. The van der Waals surface area contributed by atoms with Crippen LogP contribution in [0.5, 0.6) is 0 Å². The zero-order valence-electron chi connectivity index (χ0n) is 14.1. The highest BCUT2D eigenvalue weighted by Gasteiger charge is 2.16. The minimum Gasteiger partial charge on any atom is -0.268 e. The average molecular weight is 355 g/mol. The van der Waals surface area contributed by atoms with Crippen molar-refractivity contribution in [3.05, 3.63) is 99.1 Å². The number of fused-ring (bicyclic) bond motifs is 1. The van der Waals surface area contributed by atoms with Gasteiger partial charge in [0.2, 0.25) is 0 Å². The van der Waals surface area contributed by atoms with Crippen molar-refractivity contribution in [1.82, 2.24) is 19.1 Å². The maximum Gasteiger partial charge on any atom is 0.337 e. The van der Waals surface area contributed by atoms with E-state index in [2.05, 4.69) is 16.0 Å². The van der Waals surface area contributed by atoms with Gasteiger partial charge in [-0.2, -0.15) is 5.26 Å².